The number of morpholine rings is 1. The van der Waals surface area contributed by atoms with Crippen LogP contribution in [0.5, 0.6) is 0 Å². The first-order valence-corrected chi connectivity index (χ1v) is 14.5. The summed E-state index contributed by atoms with van der Waals surface area (Å²) in [5.74, 6) is -0.120. The van der Waals surface area contributed by atoms with Crippen molar-refractivity contribution in [3.8, 4) is 0 Å². The monoisotopic (exact) mass is 555 g/mol. The van der Waals surface area contributed by atoms with E-state index < -0.39 is 0 Å². The fourth-order valence-electron chi connectivity index (χ4n) is 6.33. The molecule has 3 amide bonds. The van der Waals surface area contributed by atoms with Crippen molar-refractivity contribution >= 4 is 23.4 Å². The third-order valence-electron chi connectivity index (χ3n) is 8.67. The van der Waals surface area contributed by atoms with Crippen LogP contribution in [-0.2, 0) is 34.7 Å². The lowest BCUT2D eigenvalue weighted by Crippen LogP contribution is -2.56. The van der Waals surface area contributed by atoms with Crippen LogP contribution in [-0.4, -0.2) is 64.9 Å². The van der Waals surface area contributed by atoms with Gasteiger partial charge in [0.2, 0.25) is 5.91 Å². The first-order valence-electron chi connectivity index (χ1n) is 14.5. The maximum Gasteiger partial charge on any atom is 0.268 e. The molecule has 3 aromatic rings. The van der Waals surface area contributed by atoms with Gasteiger partial charge in [0.15, 0.2) is 0 Å². The second-order valence-corrected chi connectivity index (χ2v) is 11.2. The molecule has 0 atom stereocenters. The van der Waals surface area contributed by atoms with Crippen molar-refractivity contribution in [1.82, 2.24) is 19.7 Å². The van der Waals surface area contributed by atoms with E-state index in [2.05, 4.69) is 38.3 Å². The highest BCUT2D eigenvalue weighted by Gasteiger charge is 2.48. The molecule has 41 heavy (non-hydrogen) atoms. The molecule has 1 spiro atoms. The molecule has 2 aliphatic heterocycles. The van der Waals surface area contributed by atoms with Crippen molar-refractivity contribution in [2.24, 2.45) is 0 Å². The Balaban J connectivity index is 1.11. The fourth-order valence-corrected chi connectivity index (χ4v) is 6.33. The van der Waals surface area contributed by atoms with E-state index in [0.29, 0.717) is 38.5 Å². The molecule has 1 saturated heterocycles. The predicted molar refractivity (Wildman–Crippen MR) is 155 cm³/mol. The standard InChI is InChI=1S/C32H37N5O4/c1-23(38)34-27-9-5-24(6-10-27)21-33-30(39)28-11-12-29-32(13-2-14-32)36(15-16-37(28)29)22-25-3-7-26(8-4-25)31(40)35-17-19-41-20-18-35/h3-12H,2,13-22H2,1H3,(H,33,39)(H,34,38). The van der Waals surface area contributed by atoms with E-state index >= 15 is 0 Å². The van der Waals surface area contributed by atoms with Gasteiger partial charge in [-0.25, -0.2) is 0 Å². The van der Waals surface area contributed by atoms with Crippen LogP contribution in [0.3, 0.4) is 0 Å². The van der Waals surface area contributed by atoms with E-state index in [1.54, 1.807) is 0 Å². The Bertz CT molecular complexity index is 1420. The minimum Gasteiger partial charge on any atom is -0.378 e. The summed E-state index contributed by atoms with van der Waals surface area (Å²) in [7, 11) is 0. The summed E-state index contributed by atoms with van der Waals surface area (Å²) in [4.78, 5) is 41.7. The Labute approximate surface area is 240 Å². The molecule has 3 aliphatic rings. The number of carbonyl (C=O) groups excluding carboxylic acids is 3. The van der Waals surface area contributed by atoms with E-state index in [-0.39, 0.29) is 23.3 Å². The quantitative estimate of drug-likeness (QED) is 0.463. The number of aromatic nitrogens is 1. The second-order valence-electron chi connectivity index (χ2n) is 11.2. The number of fused-ring (bicyclic) bond motifs is 2. The molecule has 214 valence electrons. The molecule has 9 heteroatoms. The van der Waals surface area contributed by atoms with Crippen molar-refractivity contribution in [2.75, 3.05) is 38.2 Å². The lowest BCUT2D eigenvalue weighted by Gasteiger charge is -2.53. The number of anilines is 1. The number of rotatable bonds is 7. The summed E-state index contributed by atoms with van der Waals surface area (Å²) in [6.07, 6.45) is 3.32. The Morgan fingerprint density at radius 2 is 1.56 bits per heavy atom. The third-order valence-corrected chi connectivity index (χ3v) is 8.67. The first kappa shape index (κ1) is 27.2. The SMILES string of the molecule is CC(=O)Nc1ccc(CNC(=O)c2ccc3n2CCN(Cc2ccc(C(=O)N4CCOCC4)cc2)C32CCC2)cc1. The zero-order chi connectivity index (χ0) is 28.4. The lowest BCUT2D eigenvalue weighted by molar-refractivity contribution is -0.114. The molecule has 1 aliphatic carbocycles. The number of carbonyl (C=O) groups is 3. The topological polar surface area (TPSA) is 95.9 Å². The van der Waals surface area contributed by atoms with E-state index in [9.17, 15) is 14.4 Å². The smallest absolute Gasteiger partial charge is 0.268 e. The number of hydrogen-bond donors (Lipinski definition) is 2. The van der Waals surface area contributed by atoms with Gasteiger partial charge in [0.25, 0.3) is 11.8 Å². The molecule has 2 aromatic carbocycles. The van der Waals surface area contributed by atoms with Gasteiger partial charge in [-0.3, -0.25) is 19.3 Å². The highest BCUT2D eigenvalue weighted by Crippen LogP contribution is 2.49. The normalized spacial score (nSPS) is 17.9. The van der Waals surface area contributed by atoms with Gasteiger partial charge in [-0.15, -0.1) is 0 Å². The van der Waals surface area contributed by atoms with E-state index in [1.165, 1.54) is 24.6 Å². The Morgan fingerprint density at radius 3 is 2.22 bits per heavy atom. The minimum absolute atomic E-state index is 0.0569. The molecule has 0 radical (unpaired) electrons. The number of amides is 3. The maximum absolute atomic E-state index is 13.2. The Kier molecular flexibility index (Phi) is 7.64. The average Bonchev–Trinajstić information content (AvgIpc) is 3.40. The molecule has 3 heterocycles. The summed E-state index contributed by atoms with van der Waals surface area (Å²) < 4.78 is 7.58. The summed E-state index contributed by atoms with van der Waals surface area (Å²) >= 11 is 0. The van der Waals surface area contributed by atoms with Crippen LogP contribution in [0.15, 0.2) is 60.7 Å². The molecule has 6 rings (SSSR count). The summed E-state index contributed by atoms with van der Waals surface area (Å²) in [6.45, 7) is 6.81. The molecule has 1 saturated carbocycles. The summed E-state index contributed by atoms with van der Waals surface area (Å²) in [5, 5.41) is 5.82. The molecule has 1 aromatic heterocycles. The fraction of sp³-hybridized carbons (Fsp3) is 0.406. The van der Waals surface area contributed by atoms with E-state index in [1.807, 2.05) is 47.4 Å². The molecule has 0 unspecified atom stereocenters. The number of benzene rings is 2. The van der Waals surface area contributed by atoms with Gasteiger partial charge >= 0.3 is 0 Å². The van der Waals surface area contributed by atoms with Crippen LogP contribution in [0.2, 0.25) is 0 Å². The highest BCUT2D eigenvalue weighted by atomic mass is 16.5. The maximum atomic E-state index is 13.2. The molecule has 2 fully saturated rings. The van der Waals surface area contributed by atoms with Gasteiger partial charge in [-0.1, -0.05) is 24.3 Å². The van der Waals surface area contributed by atoms with Crippen molar-refractivity contribution in [2.45, 2.75) is 51.4 Å². The van der Waals surface area contributed by atoms with Crippen molar-refractivity contribution in [3.05, 3.63) is 88.7 Å². The van der Waals surface area contributed by atoms with Crippen molar-refractivity contribution < 1.29 is 19.1 Å². The van der Waals surface area contributed by atoms with Crippen LogP contribution in [0, 0.1) is 0 Å². The third kappa shape index (κ3) is 5.52. The van der Waals surface area contributed by atoms with Crippen LogP contribution in [0.25, 0.3) is 0 Å². The van der Waals surface area contributed by atoms with Gasteiger partial charge in [-0.05, 0) is 66.8 Å². The molecule has 9 nitrogen and oxygen atoms in total. The van der Waals surface area contributed by atoms with Crippen molar-refractivity contribution in [3.63, 3.8) is 0 Å². The van der Waals surface area contributed by atoms with Crippen LogP contribution in [0.1, 0.15) is 63.9 Å². The lowest BCUT2D eigenvalue weighted by atomic mass is 9.71. The number of hydrogen-bond acceptors (Lipinski definition) is 5. The Hall–Kier alpha value is -3.95. The van der Waals surface area contributed by atoms with E-state index in [0.717, 1.165) is 49.3 Å². The second kappa shape index (κ2) is 11.5. The number of nitrogens with one attached hydrogen (secondary N) is 2. The summed E-state index contributed by atoms with van der Waals surface area (Å²) in [6, 6.07) is 19.6. The molecular weight excluding hydrogens is 518 g/mol. The molecule has 0 bridgehead atoms. The van der Waals surface area contributed by atoms with Gasteiger partial charge in [-0.2, -0.15) is 0 Å². The van der Waals surface area contributed by atoms with Gasteiger partial charge in [0.1, 0.15) is 5.69 Å². The van der Waals surface area contributed by atoms with Gasteiger partial charge < -0.3 is 24.8 Å². The number of ether oxygens (including phenoxy) is 1. The predicted octanol–water partition coefficient (Wildman–Crippen LogP) is 3.74. The summed E-state index contributed by atoms with van der Waals surface area (Å²) in [5.41, 5.74) is 5.49. The van der Waals surface area contributed by atoms with Gasteiger partial charge in [0.05, 0.1) is 18.8 Å². The first-order chi connectivity index (χ1) is 19.9. The minimum atomic E-state index is -0.110. The zero-order valence-electron chi connectivity index (χ0n) is 23.5. The number of nitrogens with zero attached hydrogens (tertiary/aromatic N) is 3. The highest BCUT2D eigenvalue weighted by molar-refractivity contribution is 5.94. The zero-order valence-corrected chi connectivity index (χ0v) is 23.5. The largest absolute Gasteiger partial charge is 0.378 e. The van der Waals surface area contributed by atoms with Gasteiger partial charge in [0, 0.05) is 63.1 Å². The Morgan fingerprint density at radius 1 is 0.854 bits per heavy atom. The van der Waals surface area contributed by atoms with Crippen LogP contribution >= 0.6 is 0 Å². The van der Waals surface area contributed by atoms with E-state index in [4.69, 9.17) is 4.74 Å². The van der Waals surface area contributed by atoms with Crippen LogP contribution in [0.4, 0.5) is 5.69 Å². The average molecular weight is 556 g/mol. The molecular formula is C32H37N5O4. The van der Waals surface area contributed by atoms with Crippen molar-refractivity contribution in [1.29, 1.82) is 0 Å². The molecule has 2 N–H and O–H groups in total. The van der Waals surface area contributed by atoms with Crippen LogP contribution < -0.4 is 10.6 Å².